The Bertz CT molecular complexity index is 575. The van der Waals surface area contributed by atoms with Crippen LogP contribution < -0.4 is 5.32 Å². The van der Waals surface area contributed by atoms with Crippen molar-refractivity contribution in [1.82, 2.24) is 0 Å². The minimum Gasteiger partial charge on any atom is -0.326 e. The Kier molecular flexibility index (Phi) is 5.88. The number of hydrogen-bond donors (Lipinski definition) is 1. The molecule has 0 atom stereocenters. The zero-order chi connectivity index (χ0) is 15.1. The van der Waals surface area contributed by atoms with Crippen LogP contribution in [0.2, 0.25) is 0 Å². The predicted octanol–water partition coefficient (Wildman–Crippen LogP) is 4.68. The highest BCUT2D eigenvalue weighted by atomic mass is 32.2. The van der Waals surface area contributed by atoms with E-state index in [0.717, 1.165) is 17.9 Å². The van der Waals surface area contributed by atoms with Crippen LogP contribution in [0.25, 0.3) is 0 Å². The quantitative estimate of drug-likeness (QED) is 0.785. The molecule has 0 spiro atoms. The van der Waals surface area contributed by atoms with Gasteiger partial charge in [-0.1, -0.05) is 36.8 Å². The zero-order valence-corrected chi connectivity index (χ0v) is 13.4. The Morgan fingerprint density at radius 3 is 2.33 bits per heavy atom. The van der Waals surface area contributed by atoms with E-state index in [1.807, 2.05) is 12.1 Å². The summed E-state index contributed by atoms with van der Waals surface area (Å²) in [4.78, 5) is 13.1. The number of benzene rings is 2. The number of aryl methyl sites for hydroxylation is 2. The average Bonchev–Trinajstić information content (AvgIpc) is 2.50. The van der Waals surface area contributed by atoms with Crippen molar-refractivity contribution in [2.45, 2.75) is 31.6 Å². The Morgan fingerprint density at radius 2 is 1.71 bits per heavy atom. The van der Waals surface area contributed by atoms with Crippen molar-refractivity contribution in [2.24, 2.45) is 0 Å². The Balaban J connectivity index is 1.75. The van der Waals surface area contributed by atoms with Gasteiger partial charge in [0.25, 0.3) is 0 Å². The second-order valence-electron chi connectivity index (χ2n) is 5.01. The number of amides is 1. The highest BCUT2D eigenvalue weighted by Gasteiger charge is 2.03. The number of nitrogens with one attached hydrogen (secondary N) is 1. The van der Waals surface area contributed by atoms with Crippen LogP contribution in [0.5, 0.6) is 0 Å². The molecule has 0 saturated carbocycles. The first-order valence-electron chi connectivity index (χ1n) is 7.25. The third-order valence-electron chi connectivity index (χ3n) is 3.26. The van der Waals surface area contributed by atoms with Crippen molar-refractivity contribution in [3.8, 4) is 0 Å². The van der Waals surface area contributed by atoms with Gasteiger partial charge >= 0.3 is 0 Å². The summed E-state index contributed by atoms with van der Waals surface area (Å²) in [6.07, 6.45) is 1.54. The molecule has 0 fully saturated rings. The molecule has 2 aromatic carbocycles. The van der Waals surface area contributed by atoms with Gasteiger partial charge in [0.2, 0.25) is 5.91 Å². The van der Waals surface area contributed by atoms with Crippen LogP contribution in [0.3, 0.4) is 0 Å². The summed E-state index contributed by atoms with van der Waals surface area (Å²) in [5.74, 6) is 0.862. The van der Waals surface area contributed by atoms with E-state index in [2.05, 4.69) is 55.6 Å². The Labute approximate surface area is 131 Å². The molecule has 2 rings (SSSR count). The van der Waals surface area contributed by atoms with Crippen molar-refractivity contribution in [3.63, 3.8) is 0 Å². The second kappa shape index (κ2) is 7.89. The standard InChI is InChI=1S/C18H21NOS/c1-3-15-6-8-16(9-7-15)19-18(20)12-13-21-17-10-4-14(2)5-11-17/h4-11H,3,12-13H2,1-2H3,(H,19,20). The van der Waals surface area contributed by atoms with E-state index in [0.29, 0.717) is 6.42 Å². The van der Waals surface area contributed by atoms with Gasteiger partial charge in [-0.05, 0) is 43.2 Å². The lowest BCUT2D eigenvalue weighted by atomic mass is 10.1. The smallest absolute Gasteiger partial charge is 0.225 e. The molecular weight excluding hydrogens is 278 g/mol. The summed E-state index contributed by atoms with van der Waals surface area (Å²) < 4.78 is 0. The molecule has 1 amide bonds. The van der Waals surface area contributed by atoms with E-state index in [1.54, 1.807) is 11.8 Å². The van der Waals surface area contributed by atoms with Crippen molar-refractivity contribution in [2.75, 3.05) is 11.1 Å². The molecule has 0 radical (unpaired) electrons. The summed E-state index contributed by atoms with van der Waals surface area (Å²) in [5.41, 5.74) is 3.41. The van der Waals surface area contributed by atoms with Gasteiger partial charge in [-0.2, -0.15) is 0 Å². The van der Waals surface area contributed by atoms with Gasteiger partial charge in [-0.15, -0.1) is 11.8 Å². The van der Waals surface area contributed by atoms with E-state index < -0.39 is 0 Å². The van der Waals surface area contributed by atoms with Gasteiger partial charge in [0, 0.05) is 22.8 Å². The Hall–Kier alpha value is -1.74. The lowest BCUT2D eigenvalue weighted by molar-refractivity contribution is -0.115. The third kappa shape index (κ3) is 5.27. The van der Waals surface area contributed by atoms with E-state index >= 15 is 0 Å². The van der Waals surface area contributed by atoms with E-state index in [4.69, 9.17) is 0 Å². The van der Waals surface area contributed by atoms with Gasteiger partial charge in [-0.3, -0.25) is 4.79 Å². The molecule has 0 unspecified atom stereocenters. The summed E-state index contributed by atoms with van der Waals surface area (Å²) in [6, 6.07) is 16.4. The van der Waals surface area contributed by atoms with Gasteiger partial charge in [-0.25, -0.2) is 0 Å². The molecule has 21 heavy (non-hydrogen) atoms. The van der Waals surface area contributed by atoms with Gasteiger partial charge < -0.3 is 5.32 Å². The van der Waals surface area contributed by atoms with Crippen LogP contribution >= 0.6 is 11.8 Å². The van der Waals surface area contributed by atoms with Crippen LogP contribution in [0.4, 0.5) is 5.69 Å². The number of hydrogen-bond acceptors (Lipinski definition) is 2. The summed E-state index contributed by atoms with van der Waals surface area (Å²) in [5, 5.41) is 2.94. The SMILES string of the molecule is CCc1ccc(NC(=O)CCSc2ccc(C)cc2)cc1. The maximum atomic E-state index is 11.9. The Morgan fingerprint density at radius 1 is 1.05 bits per heavy atom. The lowest BCUT2D eigenvalue weighted by Crippen LogP contribution is -2.12. The van der Waals surface area contributed by atoms with Crippen LogP contribution in [-0.4, -0.2) is 11.7 Å². The van der Waals surface area contributed by atoms with E-state index in [1.165, 1.54) is 16.0 Å². The van der Waals surface area contributed by atoms with E-state index in [-0.39, 0.29) is 5.91 Å². The molecule has 1 N–H and O–H groups in total. The molecule has 0 bridgehead atoms. The fraction of sp³-hybridized carbons (Fsp3) is 0.278. The predicted molar refractivity (Wildman–Crippen MR) is 91.0 cm³/mol. The second-order valence-corrected chi connectivity index (χ2v) is 6.18. The van der Waals surface area contributed by atoms with Crippen molar-refractivity contribution in [1.29, 1.82) is 0 Å². The van der Waals surface area contributed by atoms with Crippen LogP contribution in [-0.2, 0) is 11.2 Å². The molecule has 0 saturated heterocycles. The number of carbonyl (C=O) groups excluding carboxylic acids is 1. The molecule has 0 aliphatic rings. The molecule has 0 aliphatic heterocycles. The molecule has 0 aromatic heterocycles. The normalized spacial score (nSPS) is 10.4. The van der Waals surface area contributed by atoms with Crippen LogP contribution in [0, 0.1) is 6.92 Å². The molecular formula is C18H21NOS. The molecule has 2 nitrogen and oxygen atoms in total. The molecule has 0 heterocycles. The monoisotopic (exact) mass is 299 g/mol. The van der Waals surface area contributed by atoms with Crippen molar-refractivity contribution < 1.29 is 4.79 Å². The number of carbonyl (C=O) groups is 1. The number of rotatable bonds is 6. The van der Waals surface area contributed by atoms with Gasteiger partial charge in [0.1, 0.15) is 0 Å². The molecule has 2 aromatic rings. The minimum absolute atomic E-state index is 0.0684. The number of anilines is 1. The maximum absolute atomic E-state index is 11.9. The van der Waals surface area contributed by atoms with Gasteiger partial charge in [0.05, 0.1) is 0 Å². The van der Waals surface area contributed by atoms with E-state index in [9.17, 15) is 4.79 Å². The van der Waals surface area contributed by atoms with Gasteiger partial charge in [0.15, 0.2) is 0 Å². The average molecular weight is 299 g/mol. The first-order valence-corrected chi connectivity index (χ1v) is 8.24. The van der Waals surface area contributed by atoms with Crippen molar-refractivity contribution in [3.05, 3.63) is 59.7 Å². The summed E-state index contributed by atoms with van der Waals surface area (Å²) in [6.45, 7) is 4.20. The van der Waals surface area contributed by atoms with Crippen LogP contribution in [0.15, 0.2) is 53.4 Å². The maximum Gasteiger partial charge on any atom is 0.225 e. The molecule has 110 valence electrons. The summed E-state index contributed by atoms with van der Waals surface area (Å²) in [7, 11) is 0. The third-order valence-corrected chi connectivity index (χ3v) is 4.28. The first kappa shape index (κ1) is 15.6. The largest absolute Gasteiger partial charge is 0.326 e. The van der Waals surface area contributed by atoms with Crippen LogP contribution in [0.1, 0.15) is 24.5 Å². The highest BCUT2D eigenvalue weighted by Crippen LogP contribution is 2.19. The topological polar surface area (TPSA) is 29.1 Å². The highest BCUT2D eigenvalue weighted by molar-refractivity contribution is 7.99. The lowest BCUT2D eigenvalue weighted by Gasteiger charge is -2.06. The number of thioether (sulfide) groups is 1. The zero-order valence-electron chi connectivity index (χ0n) is 12.6. The fourth-order valence-electron chi connectivity index (χ4n) is 1.94. The molecule has 3 heteroatoms. The van der Waals surface area contributed by atoms with Crippen molar-refractivity contribution >= 4 is 23.4 Å². The first-order chi connectivity index (χ1) is 10.2. The minimum atomic E-state index is 0.0684. The summed E-state index contributed by atoms with van der Waals surface area (Å²) >= 11 is 1.71. The molecule has 0 aliphatic carbocycles. The fourth-order valence-corrected chi connectivity index (χ4v) is 2.80.